The van der Waals surface area contributed by atoms with Crippen LogP contribution in [0.25, 0.3) is 0 Å². The highest BCUT2D eigenvalue weighted by atomic mass is 16.5. The molecule has 5 heteroatoms. The van der Waals surface area contributed by atoms with Crippen molar-refractivity contribution in [2.24, 2.45) is 0 Å². The predicted octanol–water partition coefficient (Wildman–Crippen LogP) is -1.90. The Labute approximate surface area is 71.2 Å². The molecule has 0 saturated carbocycles. The fourth-order valence-electron chi connectivity index (χ4n) is 0.828. The molecule has 0 aliphatic carbocycles. The van der Waals surface area contributed by atoms with Crippen molar-refractivity contribution in [1.29, 1.82) is 0 Å². The smallest absolute Gasteiger partial charge is 0.110 e. The number of aliphatic hydroxyl groups is 4. The first-order valence-corrected chi connectivity index (χ1v) is 3.86. The van der Waals surface area contributed by atoms with Crippen molar-refractivity contribution in [2.45, 2.75) is 25.2 Å². The summed E-state index contributed by atoms with van der Waals surface area (Å²) >= 11 is 0. The van der Waals surface area contributed by atoms with E-state index in [0.29, 0.717) is 0 Å². The Hall–Kier alpha value is -0.200. The zero-order valence-electron chi connectivity index (χ0n) is 7.05. The average Bonchev–Trinajstić information content (AvgIpc) is 2.35. The second-order valence-corrected chi connectivity index (χ2v) is 2.43. The number of ether oxygens (including phenoxy) is 1. The highest BCUT2D eigenvalue weighted by Crippen LogP contribution is 2.12. The second-order valence-electron chi connectivity index (χ2n) is 2.43. The molecule has 0 aromatic carbocycles. The van der Waals surface area contributed by atoms with Crippen molar-refractivity contribution in [3.8, 4) is 0 Å². The first-order chi connectivity index (χ1) is 5.67. The lowest BCUT2D eigenvalue weighted by Gasteiger charge is -2.10. The van der Waals surface area contributed by atoms with Crippen molar-refractivity contribution < 1.29 is 25.2 Å². The minimum absolute atomic E-state index is 0.117. The standard InChI is InChI=1S/C5H10O4.C2H6O/c6-1-4-5(8)3(7)2-9-4;1-2-3/h3-8H,1-2H2;3H,2H2,1H3/t3-,4+,5-;/m0./s1. The van der Waals surface area contributed by atoms with Crippen molar-refractivity contribution in [2.75, 3.05) is 19.8 Å². The molecule has 3 atom stereocenters. The number of aliphatic hydroxyl groups excluding tert-OH is 4. The molecule has 0 bridgehead atoms. The molecule has 0 radical (unpaired) electrons. The molecule has 1 aliphatic rings. The first-order valence-electron chi connectivity index (χ1n) is 3.86. The van der Waals surface area contributed by atoms with Crippen LogP contribution in [-0.2, 0) is 4.74 Å². The Bertz CT molecular complexity index is 108. The van der Waals surface area contributed by atoms with Crippen LogP contribution in [0.4, 0.5) is 0 Å². The summed E-state index contributed by atoms with van der Waals surface area (Å²) in [5.41, 5.74) is 0. The van der Waals surface area contributed by atoms with Gasteiger partial charge in [0.25, 0.3) is 0 Å². The van der Waals surface area contributed by atoms with Crippen LogP contribution in [0, 0.1) is 0 Å². The van der Waals surface area contributed by atoms with Gasteiger partial charge in [0.1, 0.15) is 18.3 Å². The van der Waals surface area contributed by atoms with Crippen LogP contribution in [0.5, 0.6) is 0 Å². The van der Waals surface area contributed by atoms with Crippen LogP contribution in [-0.4, -0.2) is 58.6 Å². The maximum Gasteiger partial charge on any atom is 0.110 e. The van der Waals surface area contributed by atoms with Crippen LogP contribution in [0.15, 0.2) is 0 Å². The summed E-state index contributed by atoms with van der Waals surface area (Å²) in [6, 6.07) is 0. The molecule has 1 rings (SSSR count). The molecule has 1 saturated heterocycles. The van der Waals surface area contributed by atoms with Gasteiger partial charge in [0.15, 0.2) is 0 Å². The minimum atomic E-state index is -0.921. The van der Waals surface area contributed by atoms with E-state index >= 15 is 0 Å². The van der Waals surface area contributed by atoms with Crippen LogP contribution < -0.4 is 0 Å². The molecule has 0 spiro atoms. The SMILES string of the molecule is CCO.OC[C@H]1OC[C@H](O)[C@@H]1O. The first kappa shape index (κ1) is 11.8. The third-order valence-corrected chi connectivity index (χ3v) is 1.44. The normalized spacial score (nSPS) is 34.2. The Kier molecular flexibility index (Phi) is 6.23. The van der Waals surface area contributed by atoms with Crippen molar-refractivity contribution in [1.82, 2.24) is 0 Å². The average molecular weight is 180 g/mol. The van der Waals surface area contributed by atoms with E-state index in [9.17, 15) is 0 Å². The van der Waals surface area contributed by atoms with Crippen LogP contribution in [0.3, 0.4) is 0 Å². The molecule has 4 N–H and O–H groups in total. The topological polar surface area (TPSA) is 90.2 Å². The summed E-state index contributed by atoms with van der Waals surface area (Å²) in [6.07, 6.45) is -2.35. The van der Waals surface area contributed by atoms with Gasteiger partial charge in [0.05, 0.1) is 13.2 Å². The van der Waals surface area contributed by atoms with E-state index in [1.54, 1.807) is 6.92 Å². The van der Waals surface area contributed by atoms with Gasteiger partial charge >= 0.3 is 0 Å². The minimum Gasteiger partial charge on any atom is -0.397 e. The van der Waals surface area contributed by atoms with Gasteiger partial charge in [-0.25, -0.2) is 0 Å². The molecule has 0 amide bonds. The summed E-state index contributed by atoms with van der Waals surface area (Å²) in [5, 5.41) is 33.8. The summed E-state index contributed by atoms with van der Waals surface area (Å²) in [7, 11) is 0. The van der Waals surface area contributed by atoms with Gasteiger partial charge in [0, 0.05) is 6.61 Å². The lowest BCUT2D eigenvalue weighted by atomic mass is 10.2. The van der Waals surface area contributed by atoms with E-state index in [2.05, 4.69) is 0 Å². The lowest BCUT2D eigenvalue weighted by molar-refractivity contribution is -0.00588. The Balaban J connectivity index is 0.000000354. The molecular formula is C7H16O5. The highest BCUT2D eigenvalue weighted by Gasteiger charge is 2.33. The van der Waals surface area contributed by atoms with E-state index in [1.165, 1.54) is 0 Å². The monoisotopic (exact) mass is 180 g/mol. The molecule has 1 fully saturated rings. The van der Waals surface area contributed by atoms with Crippen molar-refractivity contribution >= 4 is 0 Å². The summed E-state index contributed by atoms with van der Waals surface area (Å²) < 4.78 is 4.78. The third kappa shape index (κ3) is 3.46. The van der Waals surface area contributed by atoms with Gasteiger partial charge < -0.3 is 25.2 Å². The summed E-state index contributed by atoms with van der Waals surface area (Å²) in [4.78, 5) is 0. The lowest BCUT2D eigenvalue weighted by Crippen LogP contribution is -2.31. The van der Waals surface area contributed by atoms with E-state index in [1.807, 2.05) is 0 Å². The molecule has 5 nitrogen and oxygen atoms in total. The fraction of sp³-hybridized carbons (Fsp3) is 1.00. The predicted molar refractivity (Wildman–Crippen MR) is 41.6 cm³/mol. The summed E-state index contributed by atoms with van der Waals surface area (Å²) in [5.74, 6) is 0. The zero-order chi connectivity index (χ0) is 9.56. The van der Waals surface area contributed by atoms with Crippen LogP contribution >= 0.6 is 0 Å². The van der Waals surface area contributed by atoms with E-state index < -0.39 is 18.3 Å². The van der Waals surface area contributed by atoms with E-state index in [-0.39, 0.29) is 19.8 Å². The second kappa shape index (κ2) is 6.33. The van der Waals surface area contributed by atoms with Crippen molar-refractivity contribution in [3.63, 3.8) is 0 Å². The van der Waals surface area contributed by atoms with Gasteiger partial charge in [-0.1, -0.05) is 0 Å². The zero-order valence-corrected chi connectivity index (χ0v) is 7.05. The largest absolute Gasteiger partial charge is 0.397 e. The quantitative estimate of drug-likeness (QED) is 0.378. The maximum absolute atomic E-state index is 8.92. The molecule has 1 aliphatic heterocycles. The Morgan fingerprint density at radius 3 is 2.00 bits per heavy atom. The molecule has 1 heterocycles. The molecule has 74 valence electrons. The van der Waals surface area contributed by atoms with Gasteiger partial charge in [-0.3, -0.25) is 0 Å². The van der Waals surface area contributed by atoms with E-state index in [4.69, 9.17) is 25.2 Å². The van der Waals surface area contributed by atoms with Crippen LogP contribution in [0.2, 0.25) is 0 Å². The Morgan fingerprint density at radius 1 is 1.33 bits per heavy atom. The Morgan fingerprint density at radius 2 is 1.83 bits per heavy atom. The van der Waals surface area contributed by atoms with Gasteiger partial charge in [-0.05, 0) is 6.92 Å². The maximum atomic E-state index is 8.92. The van der Waals surface area contributed by atoms with E-state index in [0.717, 1.165) is 0 Å². The molecule has 0 unspecified atom stereocenters. The third-order valence-electron chi connectivity index (χ3n) is 1.44. The number of hydrogen-bond donors (Lipinski definition) is 4. The van der Waals surface area contributed by atoms with Gasteiger partial charge in [-0.15, -0.1) is 0 Å². The molecular weight excluding hydrogens is 164 g/mol. The fourth-order valence-corrected chi connectivity index (χ4v) is 0.828. The number of rotatable bonds is 1. The summed E-state index contributed by atoms with van der Waals surface area (Å²) in [6.45, 7) is 1.81. The highest BCUT2D eigenvalue weighted by molar-refractivity contribution is 4.81. The molecule has 0 aromatic heterocycles. The number of hydrogen-bond acceptors (Lipinski definition) is 5. The molecule has 0 aromatic rings. The molecule has 12 heavy (non-hydrogen) atoms. The van der Waals surface area contributed by atoms with Gasteiger partial charge in [-0.2, -0.15) is 0 Å². The van der Waals surface area contributed by atoms with Crippen LogP contribution in [0.1, 0.15) is 6.92 Å². The van der Waals surface area contributed by atoms with Gasteiger partial charge in [0.2, 0.25) is 0 Å². The van der Waals surface area contributed by atoms with Crippen molar-refractivity contribution in [3.05, 3.63) is 0 Å².